The van der Waals surface area contributed by atoms with Crippen LogP contribution in [0.2, 0.25) is 0 Å². The molecule has 1 aliphatic carbocycles. The standard InChI is InChI=1S/C16H15BrF3N3O/c17-13-14(16(19)20)22-23(15(13)10-3-4-10)8-12(24)21-7-9-1-5-11(18)6-2-9/h1-2,5-6,10,16H,3-4,7-8H2,(H,21,24). The van der Waals surface area contributed by atoms with Crippen molar-refractivity contribution in [2.24, 2.45) is 0 Å². The normalized spacial score (nSPS) is 14.2. The highest BCUT2D eigenvalue weighted by molar-refractivity contribution is 9.10. The maximum absolute atomic E-state index is 13.0. The van der Waals surface area contributed by atoms with Gasteiger partial charge in [0.1, 0.15) is 18.1 Å². The number of nitrogens with one attached hydrogen (secondary N) is 1. The van der Waals surface area contributed by atoms with Crippen LogP contribution in [0.4, 0.5) is 13.2 Å². The summed E-state index contributed by atoms with van der Waals surface area (Å²) in [5, 5.41) is 6.57. The summed E-state index contributed by atoms with van der Waals surface area (Å²) in [6, 6.07) is 5.77. The van der Waals surface area contributed by atoms with E-state index in [1.807, 2.05) is 0 Å². The fourth-order valence-corrected chi connectivity index (χ4v) is 3.25. The van der Waals surface area contributed by atoms with Crippen molar-refractivity contribution in [1.82, 2.24) is 15.1 Å². The van der Waals surface area contributed by atoms with Crippen molar-refractivity contribution >= 4 is 21.8 Å². The van der Waals surface area contributed by atoms with Crippen LogP contribution < -0.4 is 5.32 Å². The first-order valence-corrected chi connectivity index (χ1v) is 8.30. The van der Waals surface area contributed by atoms with Crippen molar-refractivity contribution < 1.29 is 18.0 Å². The van der Waals surface area contributed by atoms with Gasteiger partial charge >= 0.3 is 0 Å². The first-order valence-electron chi connectivity index (χ1n) is 7.51. The highest BCUT2D eigenvalue weighted by Gasteiger charge is 2.34. The number of benzene rings is 1. The Labute approximate surface area is 145 Å². The Kier molecular flexibility index (Phi) is 4.93. The van der Waals surface area contributed by atoms with Crippen LogP contribution in [-0.4, -0.2) is 15.7 Å². The van der Waals surface area contributed by atoms with E-state index in [2.05, 4.69) is 26.3 Å². The molecule has 1 amide bonds. The molecular weight excluding hydrogens is 387 g/mol. The van der Waals surface area contributed by atoms with E-state index < -0.39 is 6.43 Å². The summed E-state index contributed by atoms with van der Waals surface area (Å²) in [4.78, 5) is 12.1. The Bertz CT molecular complexity index is 742. The Morgan fingerprint density at radius 3 is 2.58 bits per heavy atom. The van der Waals surface area contributed by atoms with Gasteiger partial charge in [0, 0.05) is 12.5 Å². The summed E-state index contributed by atoms with van der Waals surface area (Å²) in [5.74, 6) is -0.513. The lowest BCUT2D eigenvalue weighted by Crippen LogP contribution is -2.28. The van der Waals surface area contributed by atoms with Gasteiger partial charge in [0.25, 0.3) is 6.43 Å². The number of hydrogen-bond donors (Lipinski definition) is 1. The van der Waals surface area contributed by atoms with Gasteiger partial charge in [0.2, 0.25) is 5.91 Å². The fraction of sp³-hybridized carbons (Fsp3) is 0.375. The second kappa shape index (κ2) is 6.96. The Morgan fingerprint density at radius 2 is 2.00 bits per heavy atom. The molecule has 1 aromatic carbocycles. The van der Waals surface area contributed by atoms with Crippen molar-refractivity contribution in [3.05, 3.63) is 51.5 Å². The van der Waals surface area contributed by atoms with Gasteiger partial charge in [-0.15, -0.1) is 0 Å². The molecule has 0 radical (unpaired) electrons. The number of nitrogens with zero attached hydrogens (tertiary/aromatic N) is 2. The van der Waals surface area contributed by atoms with E-state index in [9.17, 15) is 18.0 Å². The van der Waals surface area contributed by atoms with Gasteiger partial charge in [-0.25, -0.2) is 13.2 Å². The van der Waals surface area contributed by atoms with Crippen LogP contribution in [-0.2, 0) is 17.9 Å². The number of halogens is 4. The van der Waals surface area contributed by atoms with Crippen LogP contribution in [0.3, 0.4) is 0 Å². The molecule has 0 unspecified atom stereocenters. The predicted octanol–water partition coefficient (Wildman–Crippen LogP) is 3.92. The van der Waals surface area contributed by atoms with E-state index in [1.54, 1.807) is 12.1 Å². The predicted molar refractivity (Wildman–Crippen MR) is 85.1 cm³/mol. The van der Waals surface area contributed by atoms with Crippen molar-refractivity contribution in [1.29, 1.82) is 0 Å². The van der Waals surface area contributed by atoms with Crippen LogP contribution in [0.1, 0.15) is 42.1 Å². The number of rotatable bonds is 6. The molecule has 1 fully saturated rings. The third kappa shape index (κ3) is 3.80. The molecule has 0 spiro atoms. The van der Waals surface area contributed by atoms with Gasteiger partial charge < -0.3 is 5.32 Å². The summed E-state index contributed by atoms with van der Waals surface area (Å²) < 4.78 is 40.5. The van der Waals surface area contributed by atoms with Gasteiger partial charge in [0.15, 0.2) is 0 Å². The topological polar surface area (TPSA) is 46.9 Å². The summed E-state index contributed by atoms with van der Waals surface area (Å²) in [5.41, 5.74) is 1.08. The quantitative estimate of drug-likeness (QED) is 0.797. The van der Waals surface area contributed by atoms with Gasteiger partial charge in [-0.1, -0.05) is 12.1 Å². The van der Waals surface area contributed by atoms with Crippen LogP contribution in [0.15, 0.2) is 28.7 Å². The average molecular weight is 402 g/mol. The summed E-state index contributed by atoms with van der Waals surface area (Å²) in [6.07, 6.45) is -0.880. The smallest absolute Gasteiger partial charge is 0.283 e. The van der Waals surface area contributed by atoms with Gasteiger partial charge in [-0.3, -0.25) is 9.48 Å². The van der Waals surface area contributed by atoms with Crippen LogP contribution in [0.5, 0.6) is 0 Å². The molecule has 1 aliphatic rings. The Hall–Kier alpha value is -1.83. The zero-order chi connectivity index (χ0) is 17.3. The van der Waals surface area contributed by atoms with Crippen molar-refractivity contribution in [2.45, 2.75) is 38.3 Å². The molecule has 128 valence electrons. The highest BCUT2D eigenvalue weighted by atomic mass is 79.9. The van der Waals surface area contributed by atoms with E-state index in [1.165, 1.54) is 16.8 Å². The lowest BCUT2D eigenvalue weighted by molar-refractivity contribution is -0.122. The zero-order valence-electron chi connectivity index (χ0n) is 12.6. The maximum atomic E-state index is 13.0. The molecule has 1 N–H and O–H groups in total. The monoisotopic (exact) mass is 401 g/mol. The molecule has 2 aromatic rings. The minimum absolute atomic E-state index is 0.127. The number of carbonyl (C=O) groups is 1. The molecule has 0 aliphatic heterocycles. The third-order valence-electron chi connectivity index (χ3n) is 3.82. The zero-order valence-corrected chi connectivity index (χ0v) is 14.2. The molecule has 24 heavy (non-hydrogen) atoms. The summed E-state index contributed by atoms with van der Waals surface area (Å²) >= 11 is 3.19. The van der Waals surface area contributed by atoms with Crippen molar-refractivity contribution in [2.75, 3.05) is 0 Å². The first kappa shape index (κ1) is 17.0. The van der Waals surface area contributed by atoms with E-state index in [0.717, 1.165) is 18.4 Å². The molecule has 3 rings (SSSR count). The molecule has 8 heteroatoms. The molecule has 0 saturated heterocycles. The molecule has 4 nitrogen and oxygen atoms in total. The molecule has 0 bridgehead atoms. The van der Waals surface area contributed by atoms with E-state index in [-0.39, 0.29) is 36.4 Å². The van der Waals surface area contributed by atoms with Crippen molar-refractivity contribution in [3.63, 3.8) is 0 Å². The van der Waals surface area contributed by atoms with Crippen LogP contribution >= 0.6 is 15.9 Å². The number of hydrogen-bond acceptors (Lipinski definition) is 2. The molecule has 1 saturated carbocycles. The second-order valence-corrected chi connectivity index (χ2v) is 6.51. The number of carbonyl (C=O) groups excluding carboxylic acids is 1. The first-order chi connectivity index (χ1) is 11.5. The Morgan fingerprint density at radius 1 is 1.33 bits per heavy atom. The van der Waals surface area contributed by atoms with Crippen LogP contribution in [0, 0.1) is 5.82 Å². The van der Waals surface area contributed by atoms with E-state index in [4.69, 9.17) is 0 Å². The SMILES string of the molecule is O=C(Cn1nc(C(F)F)c(Br)c1C1CC1)NCc1ccc(F)cc1. The lowest BCUT2D eigenvalue weighted by Gasteiger charge is -2.08. The number of alkyl halides is 2. The van der Waals surface area contributed by atoms with Crippen LogP contribution in [0.25, 0.3) is 0 Å². The van der Waals surface area contributed by atoms with Gasteiger partial charge in [-0.05, 0) is 46.5 Å². The maximum Gasteiger partial charge on any atom is 0.283 e. The van der Waals surface area contributed by atoms with Gasteiger partial charge in [-0.2, -0.15) is 5.10 Å². The van der Waals surface area contributed by atoms with E-state index in [0.29, 0.717) is 10.2 Å². The summed E-state index contributed by atoms with van der Waals surface area (Å²) in [7, 11) is 0. The van der Waals surface area contributed by atoms with E-state index >= 15 is 0 Å². The molecular formula is C16H15BrF3N3O. The average Bonchev–Trinajstić information content (AvgIpc) is 3.31. The Balaban J connectivity index is 1.67. The van der Waals surface area contributed by atoms with Crippen molar-refractivity contribution in [3.8, 4) is 0 Å². The fourth-order valence-electron chi connectivity index (χ4n) is 2.47. The molecule has 1 aromatic heterocycles. The largest absolute Gasteiger partial charge is 0.350 e. The van der Waals surface area contributed by atoms with Gasteiger partial charge in [0.05, 0.1) is 10.2 Å². The number of amides is 1. The summed E-state index contributed by atoms with van der Waals surface area (Å²) in [6.45, 7) is 0.111. The molecule has 0 atom stereocenters. The minimum atomic E-state index is -2.69. The molecule has 1 heterocycles. The third-order valence-corrected chi connectivity index (χ3v) is 4.64. The lowest BCUT2D eigenvalue weighted by atomic mass is 10.2. The minimum Gasteiger partial charge on any atom is -0.350 e. The number of aromatic nitrogens is 2. The highest BCUT2D eigenvalue weighted by Crippen LogP contribution is 2.45. The second-order valence-electron chi connectivity index (χ2n) is 5.72.